The minimum Gasteiger partial charge on any atom is -0.319 e. The van der Waals surface area contributed by atoms with Crippen LogP contribution in [0.5, 0.6) is 0 Å². The van der Waals surface area contributed by atoms with Crippen LogP contribution in [0.3, 0.4) is 0 Å². The molecule has 0 unspecified atom stereocenters. The molecule has 1 fully saturated rings. The first kappa shape index (κ1) is 9.66. The number of hydrogen-bond acceptors (Lipinski definition) is 1. The number of rotatable bonds is 4. The van der Waals surface area contributed by atoms with Crippen LogP contribution in [0.25, 0.3) is 0 Å². The molecule has 1 saturated carbocycles. The van der Waals surface area contributed by atoms with Gasteiger partial charge in [-0.15, -0.1) is 0 Å². The second-order valence-electron chi connectivity index (χ2n) is 4.34. The van der Waals surface area contributed by atoms with E-state index in [0.29, 0.717) is 5.41 Å². The Morgan fingerprint density at radius 2 is 2.21 bits per heavy atom. The number of hydrogen-bond donors (Lipinski definition) is 1. The van der Waals surface area contributed by atoms with Crippen LogP contribution in [-0.4, -0.2) is 13.6 Å². The molecule has 1 N–H and O–H groups in total. The summed E-state index contributed by atoms with van der Waals surface area (Å²) in [5, 5.41) is 3.21. The molecule has 1 aromatic carbocycles. The Hall–Kier alpha value is -0.890. The molecule has 0 spiro atoms. The predicted octanol–water partition coefficient (Wildman–Crippen LogP) is 2.37. The predicted molar refractivity (Wildman–Crippen MR) is 55.7 cm³/mol. The minimum atomic E-state index is -0.122. The van der Waals surface area contributed by atoms with E-state index in [1.165, 1.54) is 18.9 Å². The minimum absolute atomic E-state index is 0.122. The zero-order valence-corrected chi connectivity index (χ0v) is 8.52. The number of halogens is 1. The highest BCUT2D eigenvalue weighted by Gasteiger charge is 2.41. The normalized spacial score (nSPS) is 18.1. The van der Waals surface area contributed by atoms with Crippen molar-refractivity contribution in [3.8, 4) is 0 Å². The third kappa shape index (κ3) is 2.13. The van der Waals surface area contributed by atoms with Crippen molar-refractivity contribution in [2.45, 2.75) is 19.3 Å². The third-order valence-corrected chi connectivity index (χ3v) is 2.98. The van der Waals surface area contributed by atoms with E-state index >= 15 is 0 Å². The van der Waals surface area contributed by atoms with Crippen LogP contribution < -0.4 is 5.32 Å². The molecule has 1 aliphatic rings. The molecule has 0 aromatic heterocycles. The van der Waals surface area contributed by atoms with Gasteiger partial charge in [0.1, 0.15) is 5.82 Å². The fourth-order valence-corrected chi connectivity index (χ4v) is 2.05. The second-order valence-corrected chi connectivity index (χ2v) is 4.34. The summed E-state index contributed by atoms with van der Waals surface area (Å²) >= 11 is 0. The molecule has 2 rings (SSSR count). The summed E-state index contributed by atoms with van der Waals surface area (Å²) in [6.07, 6.45) is 3.54. The first-order valence-corrected chi connectivity index (χ1v) is 5.13. The lowest BCUT2D eigenvalue weighted by Gasteiger charge is -2.14. The zero-order chi connectivity index (χ0) is 10.0. The molecule has 1 nitrogen and oxygen atoms in total. The zero-order valence-electron chi connectivity index (χ0n) is 8.52. The van der Waals surface area contributed by atoms with Crippen LogP contribution in [0, 0.1) is 11.2 Å². The van der Waals surface area contributed by atoms with Crippen molar-refractivity contribution in [2.24, 2.45) is 5.41 Å². The van der Waals surface area contributed by atoms with E-state index in [2.05, 4.69) is 5.32 Å². The molecule has 0 heterocycles. The van der Waals surface area contributed by atoms with Crippen LogP contribution in [0.1, 0.15) is 18.4 Å². The van der Waals surface area contributed by atoms with E-state index in [-0.39, 0.29) is 5.82 Å². The van der Waals surface area contributed by atoms with Gasteiger partial charge < -0.3 is 5.32 Å². The summed E-state index contributed by atoms with van der Waals surface area (Å²) in [5.41, 5.74) is 1.54. The quantitative estimate of drug-likeness (QED) is 0.774. The molecule has 76 valence electrons. The maximum absolute atomic E-state index is 12.9. The lowest BCUT2D eigenvalue weighted by Crippen LogP contribution is -2.21. The Labute approximate surface area is 84.3 Å². The number of nitrogens with one attached hydrogen (secondary N) is 1. The molecule has 0 radical (unpaired) electrons. The Kier molecular flexibility index (Phi) is 2.55. The summed E-state index contributed by atoms with van der Waals surface area (Å²) in [5.74, 6) is -0.122. The highest BCUT2D eigenvalue weighted by Crippen LogP contribution is 2.47. The average Bonchev–Trinajstić information content (AvgIpc) is 2.85. The maximum Gasteiger partial charge on any atom is 0.123 e. The highest BCUT2D eigenvalue weighted by molar-refractivity contribution is 5.20. The molecule has 1 aliphatic carbocycles. The smallest absolute Gasteiger partial charge is 0.123 e. The summed E-state index contributed by atoms with van der Waals surface area (Å²) in [4.78, 5) is 0. The topological polar surface area (TPSA) is 12.0 Å². The Morgan fingerprint density at radius 1 is 1.43 bits per heavy atom. The van der Waals surface area contributed by atoms with E-state index < -0.39 is 0 Å². The van der Waals surface area contributed by atoms with Gasteiger partial charge in [-0.2, -0.15) is 0 Å². The first-order valence-electron chi connectivity index (χ1n) is 5.13. The SMILES string of the molecule is CNCC1(Cc2cccc(F)c2)CC1. The van der Waals surface area contributed by atoms with Gasteiger partial charge in [0.05, 0.1) is 0 Å². The second kappa shape index (κ2) is 3.70. The van der Waals surface area contributed by atoms with Gasteiger partial charge >= 0.3 is 0 Å². The van der Waals surface area contributed by atoms with E-state index in [9.17, 15) is 4.39 Å². The molecule has 1 aromatic rings. The van der Waals surface area contributed by atoms with Gasteiger partial charge in [-0.05, 0) is 49.4 Å². The van der Waals surface area contributed by atoms with Gasteiger partial charge in [-0.3, -0.25) is 0 Å². The summed E-state index contributed by atoms with van der Waals surface area (Å²) in [7, 11) is 1.98. The van der Waals surface area contributed by atoms with E-state index in [0.717, 1.165) is 18.5 Å². The molecule has 0 saturated heterocycles. The summed E-state index contributed by atoms with van der Waals surface area (Å²) in [6.45, 7) is 1.05. The van der Waals surface area contributed by atoms with Crippen molar-refractivity contribution in [3.63, 3.8) is 0 Å². The van der Waals surface area contributed by atoms with Crippen LogP contribution in [-0.2, 0) is 6.42 Å². The molecule has 0 aliphatic heterocycles. The maximum atomic E-state index is 12.9. The fraction of sp³-hybridized carbons (Fsp3) is 0.500. The molecule has 0 bridgehead atoms. The van der Waals surface area contributed by atoms with Gasteiger partial charge in [0, 0.05) is 6.54 Å². The largest absolute Gasteiger partial charge is 0.319 e. The highest BCUT2D eigenvalue weighted by atomic mass is 19.1. The average molecular weight is 193 g/mol. The van der Waals surface area contributed by atoms with Crippen LogP contribution in [0.2, 0.25) is 0 Å². The monoisotopic (exact) mass is 193 g/mol. The summed E-state index contributed by atoms with van der Waals surface area (Å²) in [6, 6.07) is 6.95. The summed E-state index contributed by atoms with van der Waals surface area (Å²) < 4.78 is 12.9. The van der Waals surface area contributed by atoms with Crippen molar-refractivity contribution in [1.82, 2.24) is 5.32 Å². The fourth-order valence-electron chi connectivity index (χ4n) is 2.05. The Morgan fingerprint density at radius 3 is 2.79 bits per heavy atom. The third-order valence-electron chi connectivity index (χ3n) is 2.98. The van der Waals surface area contributed by atoms with E-state index in [1.54, 1.807) is 12.1 Å². The Bertz CT molecular complexity index is 318. The lowest BCUT2D eigenvalue weighted by molar-refractivity contribution is 0.477. The number of benzene rings is 1. The van der Waals surface area contributed by atoms with Crippen LogP contribution in [0.4, 0.5) is 4.39 Å². The molecule has 2 heteroatoms. The van der Waals surface area contributed by atoms with Gasteiger partial charge in [-0.25, -0.2) is 4.39 Å². The van der Waals surface area contributed by atoms with Gasteiger partial charge in [0.15, 0.2) is 0 Å². The van der Waals surface area contributed by atoms with Crippen molar-refractivity contribution in [2.75, 3.05) is 13.6 Å². The molecular weight excluding hydrogens is 177 g/mol. The van der Waals surface area contributed by atoms with Crippen molar-refractivity contribution >= 4 is 0 Å². The Balaban J connectivity index is 2.03. The molecular formula is C12H16FN. The van der Waals surface area contributed by atoms with Gasteiger partial charge in [0.25, 0.3) is 0 Å². The van der Waals surface area contributed by atoms with Crippen molar-refractivity contribution < 1.29 is 4.39 Å². The van der Waals surface area contributed by atoms with Crippen LogP contribution in [0.15, 0.2) is 24.3 Å². The van der Waals surface area contributed by atoms with Crippen molar-refractivity contribution in [1.29, 1.82) is 0 Å². The van der Waals surface area contributed by atoms with Gasteiger partial charge in [-0.1, -0.05) is 12.1 Å². The molecule has 0 amide bonds. The van der Waals surface area contributed by atoms with E-state index in [4.69, 9.17) is 0 Å². The molecule has 0 atom stereocenters. The lowest BCUT2D eigenvalue weighted by atomic mass is 9.96. The first-order chi connectivity index (χ1) is 6.74. The van der Waals surface area contributed by atoms with Crippen LogP contribution >= 0.6 is 0 Å². The van der Waals surface area contributed by atoms with Crippen molar-refractivity contribution in [3.05, 3.63) is 35.6 Å². The van der Waals surface area contributed by atoms with E-state index in [1.807, 2.05) is 13.1 Å². The standard InChI is InChI=1S/C12H16FN/c1-14-9-12(5-6-12)8-10-3-2-4-11(13)7-10/h2-4,7,14H,5-6,8-9H2,1H3. The van der Waals surface area contributed by atoms with Gasteiger partial charge in [0.2, 0.25) is 0 Å². The molecule has 14 heavy (non-hydrogen) atoms.